The molecule has 0 aromatic carbocycles. The van der Waals surface area contributed by atoms with E-state index in [0.717, 1.165) is 18.4 Å². The maximum atomic E-state index is 11.8. The van der Waals surface area contributed by atoms with Crippen LogP contribution in [-0.2, 0) is 0 Å². The molecule has 2 aliphatic heterocycles. The molecule has 4 rings (SSSR count). The van der Waals surface area contributed by atoms with Gasteiger partial charge in [-0.3, -0.25) is 0 Å². The Bertz CT molecular complexity index is 972. The number of carboxylic acids is 1. The maximum absolute atomic E-state index is 11.8. The number of pyridine rings is 1. The fourth-order valence-electron chi connectivity index (χ4n) is 3.72. The van der Waals surface area contributed by atoms with Crippen molar-refractivity contribution in [1.82, 2.24) is 4.98 Å². The largest absolute Gasteiger partial charge is 0.504 e. The van der Waals surface area contributed by atoms with E-state index in [4.69, 9.17) is 4.42 Å². The summed E-state index contributed by atoms with van der Waals surface area (Å²) in [6, 6.07) is 3.67. The van der Waals surface area contributed by atoms with Crippen LogP contribution in [0.25, 0.3) is 11.6 Å². The smallest absolute Gasteiger partial charge is 0.345 e. The van der Waals surface area contributed by atoms with Crippen LogP contribution in [0.2, 0.25) is 0 Å². The second-order valence-electron chi connectivity index (χ2n) is 7.72. The van der Waals surface area contributed by atoms with Crippen LogP contribution in [0.4, 0.5) is 11.7 Å². The first kappa shape index (κ1) is 17.3. The molecule has 140 valence electrons. The highest BCUT2D eigenvalue weighted by Gasteiger charge is 2.34. The van der Waals surface area contributed by atoms with E-state index in [2.05, 4.69) is 23.8 Å². The third-order valence-corrected chi connectivity index (χ3v) is 5.00. The average molecular weight is 367 g/mol. The monoisotopic (exact) mass is 367 g/mol. The average Bonchev–Trinajstić information content (AvgIpc) is 3.16. The van der Waals surface area contributed by atoms with Crippen molar-refractivity contribution < 1.29 is 19.4 Å². The molecule has 0 spiro atoms. The molecule has 7 heteroatoms. The normalized spacial score (nSPS) is 19.5. The highest BCUT2D eigenvalue weighted by molar-refractivity contribution is 6.21. The molecule has 1 saturated heterocycles. The van der Waals surface area contributed by atoms with Crippen molar-refractivity contribution in [2.24, 2.45) is 10.4 Å². The molecule has 0 saturated carbocycles. The number of carboxylic acid groups (broad SMARTS) is 1. The molecule has 0 unspecified atom stereocenters. The first-order valence-electron chi connectivity index (χ1n) is 8.91. The van der Waals surface area contributed by atoms with Gasteiger partial charge in [-0.2, -0.15) is 0 Å². The van der Waals surface area contributed by atoms with Gasteiger partial charge in [0.15, 0.2) is 22.9 Å². The van der Waals surface area contributed by atoms with Gasteiger partial charge in [-0.25, -0.2) is 14.8 Å². The molecule has 1 fully saturated rings. The molecule has 4 heterocycles. The van der Waals surface area contributed by atoms with Crippen molar-refractivity contribution in [3.63, 3.8) is 0 Å². The minimum atomic E-state index is -1.21. The Morgan fingerprint density at radius 2 is 2.22 bits per heavy atom. The van der Waals surface area contributed by atoms with Gasteiger partial charge in [0, 0.05) is 36.6 Å². The molecular formula is C20H21N3O4. The number of fused-ring (bicyclic) bond motifs is 1. The number of aromatic nitrogens is 1. The predicted octanol–water partition coefficient (Wildman–Crippen LogP) is 3.96. The van der Waals surface area contributed by atoms with E-state index >= 15 is 0 Å². The van der Waals surface area contributed by atoms with Crippen LogP contribution in [0.3, 0.4) is 0 Å². The third-order valence-electron chi connectivity index (χ3n) is 5.00. The second-order valence-corrected chi connectivity index (χ2v) is 7.72. The Hall–Kier alpha value is -3.09. The molecule has 0 amide bonds. The molecule has 2 N–H and O–H groups in total. The van der Waals surface area contributed by atoms with E-state index in [1.807, 2.05) is 11.0 Å². The fraction of sp³-hybridized carbons (Fsp3) is 0.350. The number of furan rings is 1. The van der Waals surface area contributed by atoms with Crippen LogP contribution < -0.4 is 4.90 Å². The number of carbonyl (C=O) groups is 1. The standard InChI is InChI=1S/C20H21N3O4/c1-20(2)6-4-8-23(11-20)18-15(19(25)26)16(24)14(27-18)9-12-10-22-17-13(12)5-3-7-21-17/h3,5,7,9-10,24H,4,6,8,11H2,1-2H3,(H,25,26). The van der Waals surface area contributed by atoms with E-state index in [0.29, 0.717) is 24.5 Å². The van der Waals surface area contributed by atoms with Gasteiger partial charge < -0.3 is 19.5 Å². The van der Waals surface area contributed by atoms with Gasteiger partial charge in [-0.05, 0) is 36.5 Å². The molecule has 7 nitrogen and oxygen atoms in total. The first-order chi connectivity index (χ1) is 12.9. The van der Waals surface area contributed by atoms with Crippen LogP contribution in [0, 0.1) is 5.41 Å². The summed E-state index contributed by atoms with van der Waals surface area (Å²) < 4.78 is 5.85. The first-order valence-corrected chi connectivity index (χ1v) is 8.91. The van der Waals surface area contributed by atoms with Crippen LogP contribution in [0.15, 0.2) is 27.7 Å². The number of nitrogens with zero attached hydrogens (tertiary/aromatic N) is 3. The van der Waals surface area contributed by atoms with Gasteiger partial charge in [-0.1, -0.05) is 13.8 Å². The van der Waals surface area contributed by atoms with Crippen LogP contribution in [0.5, 0.6) is 5.75 Å². The number of piperidine rings is 1. The number of hydrogen-bond acceptors (Lipinski definition) is 6. The van der Waals surface area contributed by atoms with Gasteiger partial charge in [0.2, 0.25) is 5.88 Å². The molecule has 27 heavy (non-hydrogen) atoms. The minimum absolute atomic E-state index is 0.0534. The summed E-state index contributed by atoms with van der Waals surface area (Å²) in [5.41, 5.74) is 1.38. The quantitative estimate of drug-likeness (QED) is 0.852. The lowest BCUT2D eigenvalue weighted by Crippen LogP contribution is -2.40. The minimum Gasteiger partial charge on any atom is -0.504 e. The van der Waals surface area contributed by atoms with Crippen molar-refractivity contribution in [1.29, 1.82) is 0 Å². The zero-order valence-electron chi connectivity index (χ0n) is 15.3. The maximum Gasteiger partial charge on any atom is 0.345 e. The number of allylic oxidation sites excluding steroid dienone is 1. The zero-order chi connectivity index (χ0) is 19.2. The Labute approximate surface area is 156 Å². The van der Waals surface area contributed by atoms with Crippen molar-refractivity contribution >= 4 is 35.5 Å². The summed E-state index contributed by atoms with van der Waals surface area (Å²) in [5.74, 6) is -0.656. The number of aromatic carboxylic acids is 1. The zero-order valence-corrected chi connectivity index (χ0v) is 15.3. The van der Waals surface area contributed by atoms with Gasteiger partial charge in [0.25, 0.3) is 0 Å². The molecule has 2 aromatic heterocycles. The molecule has 0 aliphatic carbocycles. The molecule has 2 aromatic rings. The van der Waals surface area contributed by atoms with Crippen molar-refractivity contribution in [3.8, 4) is 5.75 Å². The van der Waals surface area contributed by atoms with Crippen LogP contribution in [0.1, 0.15) is 48.4 Å². The van der Waals surface area contributed by atoms with E-state index in [1.54, 1.807) is 24.6 Å². The Kier molecular flexibility index (Phi) is 4.02. The lowest BCUT2D eigenvalue weighted by Gasteiger charge is -2.38. The molecule has 2 aliphatic rings. The van der Waals surface area contributed by atoms with Gasteiger partial charge in [0.1, 0.15) is 0 Å². The van der Waals surface area contributed by atoms with Crippen LogP contribution in [-0.4, -0.2) is 40.5 Å². The van der Waals surface area contributed by atoms with Crippen LogP contribution >= 0.6 is 0 Å². The summed E-state index contributed by atoms with van der Waals surface area (Å²) >= 11 is 0. The number of anilines is 1. The van der Waals surface area contributed by atoms with Crippen molar-refractivity contribution in [2.75, 3.05) is 18.0 Å². The van der Waals surface area contributed by atoms with E-state index in [1.165, 1.54) is 0 Å². The highest BCUT2D eigenvalue weighted by Crippen LogP contribution is 2.41. The fourth-order valence-corrected chi connectivity index (χ4v) is 3.72. The number of rotatable bonds is 3. The van der Waals surface area contributed by atoms with Gasteiger partial charge >= 0.3 is 5.97 Å². The molecule has 0 atom stereocenters. The predicted molar refractivity (Wildman–Crippen MR) is 103 cm³/mol. The number of hydrogen-bond donors (Lipinski definition) is 2. The lowest BCUT2D eigenvalue weighted by molar-refractivity contribution is 0.0693. The summed E-state index contributed by atoms with van der Waals surface area (Å²) in [6.45, 7) is 5.65. The SMILES string of the molecule is CC1(C)CCCN(c2oc(C=C3C=Nc4ncccc43)c(O)c2C(=O)O)C1. The Morgan fingerprint density at radius 3 is 2.96 bits per heavy atom. The summed E-state index contributed by atoms with van der Waals surface area (Å²) in [5, 5.41) is 20.2. The summed E-state index contributed by atoms with van der Waals surface area (Å²) in [4.78, 5) is 22.1. The van der Waals surface area contributed by atoms with Crippen molar-refractivity contribution in [2.45, 2.75) is 26.7 Å². The third kappa shape index (κ3) is 3.09. The van der Waals surface area contributed by atoms with Gasteiger partial charge in [-0.15, -0.1) is 0 Å². The van der Waals surface area contributed by atoms with E-state index in [9.17, 15) is 15.0 Å². The highest BCUT2D eigenvalue weighted by atomic mass is 16.4. The Morgan fingerprint density at radius 1 is 1.41 bits per heavy atom. The van der Waals surface area contributed by atoms with E-state index in [-0.39, 0.29) is 28.4 Å². The molecular weight excluding hydrogens is 346 g/mol. The summed E-state index contributed by atoms with van der Waals surface area (Å²) in [6.07, 6.45) is 6.90. The lowest BCUT2D eigenvalue weighted by atomic mass is 9.84. The topological polar surface area (TPSA) is 99.2 Å². The Balaban J connectivity index is 1.77. The molecule has 0 radical (unpaired) electrons. The number of aliphatic imine (C=N–C) groups is 1. The van der Waals surface area contributed by atoms with Gasteiger partial charge in [0.05, 0.1) is 0 Å². The second kappa shape index (κ2) is 6.26. The van der Waals surface area contributed by atoms with Crippen molar-refractivity contribution in [3.05, 3.63) is 35.2 Å². The molecule has 0 bridgehead atoms. The number of aromatic hydroxyl groups is 1. The summed E-state index contributed by atoms with van der Waals surface area (Å²) in [7, 11) is 0. The van der Waals surface area contributed by atoms with E-state index < -0.39 is 5.97 Å².